The zero-order valence-corrected chi connectivity index (χ0v) is 10.3. The summed E-state index contributed by atoms with van der Waals surface area (Å²) in [5.74, 6) is 0. The molecule has 0 aliphatic heterocycles. The van der Waals surface area contributed by atoms with Gasteiger partial charge in [-0.3, -0.25) is 0 Å². The molecule has 0 bridgehead atoms. The highest BCUT2D eigenvalue weighted by Crippen LogP contribution is 2.36. The van der Waals surface area contributed by atoms with Crippen LogP contribution in [0, 0.1) is 0 Å². The third-order valence-corrected chi connectivity index (χ3v) is 3.75. The van der Waals surface area contributed by atoms with Gasteiger partial charge in [0, 0.05) is 5.54 Å². The fourth-order valence-corrected chi connectivity index (χ4v) is 2.84. The molecule has 1 aliphatic carbocycles. The van der Waals surface area contributed by atoms with E-state index in [1.165, 1.54) is 44.1 Å². The number of rotatable bonds is 4. The lowest BCUT2D eigenvalue weighted by Gasteiger charge is -2.39. The van der Waals surface area contributed by atoms with E-state index in [4.69, 9.17) is 0 Å². The molecular weight excluding hydrogens is 194 g/mol. The fraction of sp³-hybridized carbons (Fsp3) is 0.600. The van der Waals surface area contributed by atoms with Gasteiger partial charge in [-0.05, 0) is 31.4 Å². The van der Waals surface area contributed by atoms with Crippen LogP contribution in [0.1, 0.15) is 51.0 Å². The molecule has 0 unspecified atom stereocenters. The number of hydrogen-bond acceptors (Lipinski definition) is 1. The van der Waals surface area contributed by atoms with E-state index in [-0.39, 0.29) is 5.54 Å². The van der Waals surface area contributed by atoms with E-state index >= 15 is 0 Å². The highest BCUT2D eigenvalue weighted by molar-refractivity contribution is 5.25. The van der Waals surface area contributed by atoms with Crippen molar-refractivity contribution in [2.45, 2.75) is 51.0 Å². The smallest absolute Gasteiger partial charge is 0.0434 e. The summed E-state index contributed by atoms with van der Waals surface area (Å²) in [4.78, 5) is 0. The van der Waals surface area contributed by atoms with Crippen LogP contribution in [0.5, 0.6) is 0 Å². The first kappa shape index (κ1) is 11.7. The zero-order valence-electron chi connectivity index (χ0n) is 10.3. The summed E-state index contributed by atoms with van der Waals surface area (Å²) in [6.45, 7) is 3.38. The van der Waals surface area contributed by atoms with Crippen LogP contribution in [0.4, 0.5) is 0 Å². The van der Waals surface area contributed by atoms with Crippen LogP contribution >= 0.6 is 0 Å². The van der Waals surface area contributed by atoms with Crippen molar-refractivity contribution in [1.29, 1.82) is 0 Å². The maximum atomic E-state index is 3.80. The van der Waals surface area contributed by atoms with Gasteiger partial charge >= 0.3 is 0 Å². The molecule has 0 heterocycles. The largest absolute Gasteiger partial charge is 0.307 e. The Morgan fingerprint density at radius 1 is 1.06 bits per heavy atom. The predicted molar refractivity (Wildman–Crippen MR) is 69.5 cm³/mol. The van der Waals surface area contributed by atoms with Gasteiger partial charge in [-0.15, -0.1) is 0 Å². The quantitative estimate of drug-likeness (QED) is 0.808. The van der Waals surface area contributed by atoms with E-state index in [1.807, 2.05) is 0 Å². The second-order valence-electron chi connectivity index (χ2n) is 4.94. The molecule has 1 aromatic rings. The third kappa shape index (κ3) is 2.46. The molecule has 1 aliphatic rings. The zero-order chi connectivity index (χ0) is 11.3. The summed E-state index contributed by atoms with van der Waals surface area (Å²) in [7, 11) is 0. The van der Waals surface area contributed by atoms with Crippen molar-refractivity contribution < 1.29 is 0 Å². The Labute approximate surface area is 99.3 Å². The van der Waals surface area contributed by atoms with Gasteiger partial charge in [0.05, 0.1) is 0 Å². The normalized spacial score (nSPS) is 19.6. The van der Waals surface area contributed by atoms with Gasteiger partial charge < -0.3 is 5.32 Å². The SMILES string of the molecule is CCCNC1(c2ccccc2)CCCCC1. The maximum absolute atomic E-state index is 3.80. The minimum absolute atomic E-state index is 0.273. The van der Waals surface area contributed by atoms with Gasteiger partial charge in [0.2, 0.25) is 0 Å². The van der Waals surface area contributed by atoms with Crippen molar-refractivity contribution in [2.24, 2.45) is 0 Å². The molecule has 88 valence electrons. The average Bonchev–Trinajstić information content (AvgIpc) is 2.38. The molecule has 0 radical (unpaired) electrons. The average molecular weight is 217 g/mol. The second-order valence-corrected chi connectivity index (χ2v) is 4.94. The number of hydrogen-bond donors (Lipinski definition) is 1. The molecule has 0 atom stereocenters. The van der Waals surface area contributed by atoms with Crippen LogP contribution in [-0.4, -0.2) is 6.54 Å². The summed E-state index contributed by atoms with van der Waals surface area (Å²) >= 11 is 0. The Kier molecular flexibility index (Phi) is 4.00. The van der Waals surface area contributed by atoms with Gasteiger partial charge in [-0.1, -0.05) is 56.5 Å². The molecule has 1 N–H and O–H groups in total. The van der Waals surface area contributed by atoms with E-state index < -0.39 is 0 Å². The molecule has 2 rings (SSSR count). The topological polar surface area (TPSA) is 12.0 Å². The Morgan fingerprint density at radius 2 is 1.75 bits per heavy atom. The molecule has 1 heteroatoms. The van der Waals surface area contributed by atoms with Crippen molar-refractivity contribution in [3.8, 4) is 0 Å². The Hall–Kier alpha value is -0.820. The van der Waals surface area contributed by atoms with Crippen molar-refractivity contribution in [1.82, 2.24) is 5.32 Å². The lowest BCUT2D eigenvalue weighted by molar-refractivity contribution is 0.234. The van der Waals surface area contributed by atoms with Gasteiger partial charge in [-0.2, -0.15) is 0 Å². The minimum atomic E-state index is 0.273. The molecule has 1 saturated carbocycles. The fourth-order valence-electron chi connectivity index (χ4n) is 2.84. The third-order valence-electron chi connectivity index (χ3n) is 3.75. The lowest BCUT2D eigenvalue weighted by atomic mass is 9.76. The van der Waals surface area contributed by atoms with Crippen molar-refractivity contribution in [3.63, 3.8) is 0 Å². The minimum Gasteiger partial charge on any atom is -0.307 e. The lowest BCUT2D eigenvalue weighted by Crippen LogP contribution is -2.44. The highest BCUT2D eigenvalue weighted by atomic mass is 15.0. The molecular formula is C15H23N. The monoisotopic (exact) mass is 217 g/mol. The molecule has 1 fully saturated rings. The Balaban J connectivity index is 2.19. The molecule has 1 aromatic carbocycles. The van der Waals surface area contributed by atoms with Crippen LogP contribution < -0.4 is 5.32 Å². The predicted octanol–water partition coefficient (Wildman–Crippen LogP) is 3.85. The molecule has 16 heavy (non-hydrogen) atoms. The van der Waals surface area contributed by atoms with Crippen LogP contribution in [0.25, 0.3) is 0 Å². The van der Waals surface area contributed by atoms with Crippen LogP contribution in [0.2, 0.25) is 0 Å². The van der Waals surface area contributed by atoms with E-state index in [2.05, 4.69) is 42.6 Å². The molecule has 0 spiro atoms. The summed E-state index contributed by atoms with van der Waals surface area (Å²) in [6.07, 6.45) is 7.96. The summed E-state index contributed by atoms with van der Waals surface area (Å²) in [6, 6.07) is 11.0. The molecule has 1 nitrogen and oxygen atoms in total. The summed E-state index contributed by atoms with van der Waals surface area (Å²) in [5.41, 5.74) is 1.76. The van der Waals surface area contributed by atoms with Crippen molar-refractivity contribution in [2.75, 3.05) is 6.54 Å². The standard InChI is InChI=1S/C15H23N/c1-2-13-16-15(11-7-4-8-12-15)14-9-5-3-6-10-14/h3,5-6,9-10,16H,2,4,7-8,11-13H2,1H3. The van der Waals surface area contributed by atoms with Gasteiger partial charge in [0.25, 0.3) is 0 Å². The highest BCUT2D eigenvalue weighted by Gasteiger charge is 2.32. The second kappa shape index (κ2) is 5.49. The van der Waals surface area contributed by atoms with Gasteiger partial charge in [0.15, 0.2) is 0 Å². The first-order chi connectivity index (χ1) is 7.87. The summed E-state index contributed by atoms with van der Waals surface area (Å²) < 4.78 is 0. The molecule has 0 amide bonds. The number of nitrogens with one attached hydrogen (secondary N) is 1. The first-order valence-corrected chi connectivity index (χ1v) is 6.68. The Morgan fingerprint density at radius 3 is 2.38 bits per heavy atom. The van der Waals surface area contributed by atoms with E-state index in [9.17, 15) is 0 Å². The van der Waals surface area contributed by atoms with Crippen LogP contribution in [0.15, 0.2) is 30.3 Å². The van der Waals surface area contributed by atoms with E-state index in [0.717, 1.165) is 6.54 Å². The Bertz CT molecular complexity index is 298. The van der Waals surface area contributed by atoms with Crippen molar-refractivity contribution in [3.05, 3.63) is 35.9 Å². The first-order valence-electron chi connectivity index (χ1n) is 6.68. The van der Waals surface area contributed by atoms with E-state index in [0.29, 0.717) is 0 Å². The number of benzene rings is 1. The van der Waals surface area contributed by atoms with Crippen molar-refractivity contribution >= 4 is 0 Å². The van der Waals surface area contributed by atoms with Gasteiger partial charge in [0.1, 0.15) is 0 Å². The van der Waals surface area contributed by atoms with Crippen LogP contribution in [0.3, 0.4) is 0 Å². The molecule has 0 saturated heterocycles. The van der Waals surface area contributed by atoms with Gasteiger partial charge in [-0.25, -0.2) is 0 Å². The summed E-state index contributed by atoms with van der Waals surface area (Å²) in [5, 5.41) is 3.80. The van der Waals surface area contributed by atoms with E-state index in [1.54, 1.807) is 0 Å². The van der Waals surface area contributed by atoms with Crippen LogP contribution in [-0.2, 0) is 5.54 Å². The maximum Gasteiger partial charge on any atom is 0.0434 e. The molecule has 0 aromatic heterocycles.